The van der Waals surface area contributed by atoms with Crippen molar-refractivity contribution >= 4 is 23.3 Å². The first-order valence-electron chi connectivity index (χ1n) is 13.2. The van der Waals surface area contributed by atoms with Crippen molar-refractivity contribution in [3.63, 3.8) is 0 Å². The van der Waals surface area contributed by atoms with Gasteiger partial charge < -0.3 is 9.47 Å². The number of allylic oxidation sites excluding steroid dienone is 2. The van der Waals surface area contributed by atoms with Crippen molar-refractivity contribution in [2.75, 3.05) is 0 Å². The van der Waals surface area contributed by atoms with E-state index in [1.54, 1.807) is 11.3 Å². The summed E-state index contributed by atoms with van der Waals surface area (Å²) in [5.41, 5.74) is 2.12. The molecule has 1 heterocycles. The summed E-state index contributed by atoms with van der Waals surface area (Å²) in [6.45, 7) is 4.32. The van der Waals surface area contributed by atoms with Gasteiger partial charge in [0.2, 0.25) is 0 Å². The third kappa shape index (κ3) is 9.85. The number of hydrogen-bond donors (Lipinski definition) is 0. The van der Waals surface area contributed by atoms with E-state index < -0.39 is 0 Å². The third-order valence-electron chi connectivity index (χ3n) is 5.78. The number of unbranched alkanes of at least 4 members (excludes halogenated alkanes) is 6. The highest BCUT2D eigenvalue weighted by atomic mass is 32.1. The van der Waals surface area contributed by atoms with Crippen LogP contribution < -0.4 is 9.47 Å². The minimum absolute atomic E-state index is 0.347. The summed E-state index contributed by atoms with van der Waals surface area (Å²) in [5.74, 6) is 0.369. The van der Waals surface area contributed by atoms with E-state index in [4.69, 9.17) is 9.47 Å². The molecule has 0 N–H and O–H groups in total. The van der Waals surface area contributed by atoms with Crippen LogP contribution in [0.4, 0.5) is 0 Å². The lowest BCUT2D eigenvalue weighted by Crippen LogP contribution is -2.03. The van der Waals surface area contributed by atoms with Gasteiger partial charge in [0.05, 0.1) is 0 Å². The van der Waals surface area contributed by atoms with Gasteiger partial charge >= 0.3 is 11.9 Å². The van der Waals surface area contributed by atoms with E-state index in [-0.39, 0.29) is 11.9 Å². The van der Waals surface area contributed by atoms with Gasteiger partial charge in [-0.2, -0.15) is 0 Å². The Bertz CT molecular complexity index is 1080. The summed E-state index contributed by atoms with van der Waals surface area (Å²) < 4.78 is 10.8. The van der Waals surface area contributed by atoms with Gasteiger partial charge in [0, 0.05) is 21.9 Å². The minimum Gasteiger partial charge on any atom is -0.423 e. The molecule has 0 aliphatic heterocycles. The molecule has 5 heteroatoms. The highest BCUT2D eigenvalue weighted by Crippen LogP contribution is 2.35. The Kier molecular flexibility index (Phi) is 11.9. The zero-order valence-electron chi connectivity index (χ0n) is 21.8. The fourth-order valence-corrected chi connectivity index (χ4v) is 4.72. The van der Waals surface area contributed by atoms with Crippen molar-refractivity contribution in [2.24, 2.45) is 0 Å². The summed E-state index contributed by atoms with van der Waals surface area (Å²) in [5, 5.41) is 0. The van der Waals surface area contributed by atoms with Gasteiger partial charge in [-0.3, -0.25) is 0 Å². The molecular weight excluding hydrogens is 480 g/mol. The topological polar surface area (TPSA) is 52.6 Å². The molecule has 194 valence electrons. The van der Waals surface area contributed by atoms with Gasteiger partial charge in [0.1, 0.15) is 11.5 Å². The Morgan fingerprint density at radius 2 is 1.03 bits per heavy atom. The van der Waals surface area contributed by atoms with Crippen molar-refractivity contribution in [1.29, 1.82) is 0 Å². The average Bonchev–Trinajstić information content (AvgIpc) is 3.40. The summed E-state index contributed by atoms with van der Waals surface area (Å²) >= 11 is 1.68. The molecule has 0 spiro atoms. The molecular formula is C32H36O4S. The first kappa shape index (κ1) is 28.1. The van der Waals surface area contributed by atoms with Crippen LogP contribution in [0.5, 0.6) is 11.5 Å². The Morgan fingerprint density at radius 1 is 0.622 bits per heavy atom. The Balaban J connectivity index is 1.52. The second-order valence-corrected chi connectivity index (χ2v) is 9.93. The number of ether oxygens (including phenoxy) is 2. The minimum atomic E-state index is -0.347. The van der Waals surface area contributed by atoms with Crippen LogP contribution in [-0.4, -0.2) is 11.9 Å². The monoisotopic (exact) mass is 516 g/mol. The van der Waals surface area contributed by atoms with E-state index in [1.165, 1.54) is 25.0 Å². The Morgan fingerprint density at radius 3 is 1.41 bits per heavy atom. The van der Waals surface area contributed by atoms with Crippen molar-refractivity contribution in [3.05, 3.63) is 85.0 Å². The van der Waals surface area contributed by atoms with Crippen LogP contribution in [0.15, 0.2) is 85.0 Å². The van der Waals surface area contributed by atoms with E-state index in [0.29, 0.717) is 11.5 Å². The molecule has 0 aliphatic rings. The quantitative estimate of drug-likeness (QED) is 0.0927. The van der Waals surface area contributed by atoms with Crippen LogP contribution in [0.3, 0.4) is 0 Å². The molecule has 3 aromatic rings. The fraction of sp³-hybridized carbons (Fsp3) is 0.312. The predicted molar refractivity (Wildman–Crippen MR) is 153 cm³/mol. The second-order valence-electron chi connectivity index (χ2n) is 8.85. The average molecular weight is 517 g/mol. The number of hydrogen-bond acceptors (Lipinski definition) is 5. The summed E-state index contributed by atoms with van der Waals surface area (Å²) in [7, 11) is 0. The molecule has 1 aromatic heterocycles. The zero-order valence-corrected chi connectivity index (χ0v) is 22.6. The van der Waals surface area contributed by atoms with E-state index in [2.05, 4.69) is 26.0 Å². The summed E-state index contributed by atoms with van der Waals surface area (Å²) in [4.78, 5) is 26.2. The van der Waals surface area contributed by atoms with E-state index >= 15 is 0 Å². The fourth-order valence-electron chi connectivity index (χ4n) is 3.71. The molecule has 2 aromatic carbocycles. The molecule has 0 atom stereocenters. The van der Waals surface area contributed by atoms with Crippen molar-refractivity contribution < 1.29 is 19.1 Å². The lowest BCUT2D eigenvalue weighted by Gasteiger charge is -2.04. The lowest BCUT2D eigenvalue weighted by molar-refractivity contribution is -0.129. The molecule has 0 unspecified atom stereocenters. The second kappa shape index (κ2) is 15.6. The lowest BCUT2D eigenvalue weighted by atomic mass is 10.1. The molecule has 4 nitrogen and oxygen atoms in total. The Labute approximate surface area is 224 Å². The molecule has 0 aliphatic carbocycles. The highest BCUT2D eigenvalue weighted by molar-refractivity contribution is 7.18. The summed E-state index contributed by atoms with van der Waals surface area (Å²) in [6.07, 6.45) is 15.4. The van der Waals surface area contributed by atoms with Crippen LogP contribution in [0.25, 0.3) is 20.9 Å². The molecule has 3 rings (SSSR count). The van der Waals surface area contributed by atoms with Crippen molar-refractivity contribution in [1.82, 2.24) is 0 Å². The molecule has 37 heavy (non-hydrogen) atoms. The predicted octanol–water partition coefficient (Wildman–Crippen LogP) is 9.17. The zero-order chi connectivity index (χ0) is 26.3. The number of carbonyl (C=O) groups excluding carboxylic acids is 2. The SMILES string of the molecule is CCCCCC=CC(=O)Oc1ccc(-c2ccc(-c3ccc(OC(=O)C=CCCCCC)cc3)s2)cc1. The van der Waals surface area contributed by atoms with Crippen LogP contribution in [0, 0.1) is 0 Å². The van der Waals surface area contributed by atoms with E-state index in [0.717, 1.165) is 59.4 Å². The van der Waals surface area contributed by atoms with Gasteiger partial charge in [-0.1, -0.05) is 51.7 Å². The highest BCUT2D eigenvalue weighted by Gasteiger charge is 2.08. The molecule has 0 fully saturated rings. The van der Waals surface area contributed by atoms with Gasteiger partial charge in [-0.05, 0) is 97.5 Å². The first-order chi connectivity index (χ1) is 18.1. The largest absolute Gasteiger partial charge is 0.423 e. The first-order valence-corrected chi connectivity index (χ1v) is 14.0. The number of esters is 2. The number of benzene rings is 2. The van der Waals surface area contributed by atoms with Gasteiger partial charge in [0.25, 0.3) is 0 Å². The molecule has 0 bridgehead atoms. The Hall–Kier alpha value is -3.44. The number of thiophene rings is 1. The van der Waals surface area contributed by atoms with Crippen LogP contribution in [-0.2, 0) is 9.59 Å². The molecule has 0 saturated heterocycles. The van der Waals surface area contributed by atoms with Crippen molar-refractivity contribution in [3.8, 4) is 32.4 Å². The van der Waals surface area contributed by atoms with Crippen molar-refractivity contribution in [2.45, 2.75) is 65.2 Å². The third-order valence-corrected chi connectivity index (χ3v) is 6.96. The maximum absolute atomic E-state index is 12.0. The molecule has 0 amide bonds. The van der Waals surface area contributed by atoms with Gasteiger partial charge in [0.15, 0.2) is 0 Å². The standard InChI is InChI=1S/C32H36O4S/c1-3-5-7-9-11-13-31(33)35-27-19-15-25(16-20-27)29-23-24-30(37-29)26-17-21-28(22-18-26)36-32(34)14-12-10-8-6-4-2/h11-24H,3-10H2,1-2H3. The molecule has 0 saturated carbocycles. The molecule has 0 radical (unpaired) electrons. The smallest absolute Gasteiger partial charge is 0.335 e. The normalized spacial score (nSPS) is 11.3. The summed E-state index contributed by atoms with van der Waals surface area (Å²) in [6, 6.07) is 19.3. The maximum atomic E-state index is 12.0. The number of carbonyl (C=O) groups is 2. The van der Waals surface area contributed by atoms with E-state index in [1.807, 2.05) is 60.7 Å². The van der Waals surface area contributed by atoms with Gasteiger partial charge in [-0.15, -0.1) is 11.3 Å². The maximum Gasteiger partial charge on any atom is 0.335 e. The van der Waals surface area contributed by atoms with Crippen LogP contribution in [0.1, 0.15) is 65.2 Å². The number of rotatable bonds is 14. The van der Waals surface area contributed by atoms with Crippen LogP contribution in [0.2, 0.25) is 0 Å². The van der Waals surface area contributed by atoms with Crippen LogP contribution >= 0.6 is 11.3 Å². The van der Waals surface area contributed by atoms with Gasteiger partial charge in [-0.25, -0.2) is 9.59 Å². The van der Waals surface area contributed by atoms with E-state index in [9.17, 15) is 9.59 Å².